The van der Waals surface area contributed by atoms with Gasteiger partial charge in [0.25, 0.3) is 0 Å². The van der Waals surface area contributed by atoms with Crippen molar-refractivity contribution in [2.75, 3.05) is 36.8 Å². The summed E-state index contributed by atoms with van der Waals surface area (Å²) in [7, 11) is 0. The molecule has 1 fully saturated rings. The van der Waals surface area contributed by atoms with Crippen LogP contribution in [0.4, 0.5) is 10.1 Å². The second-order valence-electron chi connectivity index (χ2n) is 6.01. The van der Waals surface area contributed by atoms with E-state index in [2.05, 4.69) is 17.9 Å². The number of fused-ring (bicyclic) bond motifs is 1. The molecule has 25 heavy (non-hydrogen) atoms. The van der Waals surface area contributed by atoms with Gasteiger partial charge in [-0.1, -0.05) is 0 Å². The summed E-state index contributed by atoms with van der Waals surface area (Å²) in [5.41, 5.74) is -0.0146. The lowest BCUT2D eigenvalue weighted by Crippen LogP contribution is -2.43. The van der Waals surface area contributed by atoms with Gasteiger partial charge in [-0.3, -0.25) is 4.79 Å². The Bertz CT molecular complexity index is 862. The van der Waals surface area contributed by atoms with Crippen LogP contribution in [0.5, 0.6) is 0 Å². The maximum absolute atomic E-state index is 14.6. The number of benzene rings is 1. The van der Waals surface area contributed by atoms with E-state index in [0.29, 0.717) is 43.0 Å². The van der Waals surface area contributed by atoms with Crippen LogP contribution in [-0.2, 0) is 6.54 Å². The summed E-state index contributed by atoms with van der Waals surface area (Å²) < 4.78 is 16.3. The van der Waals surface area contributed by atoms with Gasteiger partial charge in [-0.2, -0.15) is 12.6 Å². The number of piperazine rings is 1. The molecule has 3 rings (SSSR count). The Labute approximate surface area is 149 Å². The molecule has 0 atom stereocenters. The van der Waals surface area contributed by atoms with E-state index >= 15 is 0 Å². The standard InChI is InChI=1S/C17H20FN3O3S/c18-13-8-11-14(9-15(13)20-5-2-19-3-6-20)21(4-1-7-25)10-12(16(11)22)17(23)24/h8-10,19,25H,1-7H2,(H,23,24). The molecule has 1 aromatic carbocycles. The maximum Gasteiger partial charge on any atom is 0.341 e. The first kappa shape index (κ1) is 17.8. The average Bonchev–Trinajstić information content (AvgIpc) is 2.61. The van der Waals surface area contributed by atoms with E-state index < -0.39 is 17.2 Å². The van der Waals surface area contributed by atoms with E-state index in [1.165, 1.54) is 12.3 Å². The van der Waals surface area contributed by atoms with Crippen LogP contribution in [0.25, 0.3) is 10.9 Å². The second kappa shape index (κ2) is 7.45. The maximum atomic E-state index is 14.6. The largest absolute Gasteiger partial charge is 0.477 e. The minimum atomic E-state index is -1.31. The number of aromatic carboxylic acids is 1. The summed E-state index contributed by atoms with van der Waals surface area (Å²) in [6, 6.07) is 2.82. The first-order valence-electron chi connectivity index (χ1n) is 8.19. The molecule has 1 aromatic heterocycles. The first-order valence-corrected chi connectivity index (χ1v) is 8.82. The molecule has 2 heterocycles. The van der Waals surface area contributed by atoms with Crippen LogP contribution in [0.3, 0.4) is 0 Å². The highest BCUT2D eigenvalue weighted by Crippen LogP contribution is 2.26. The quantitative estimate of drug-likeness (QED) is 0.702. The van der Waals surface area contributed by atoms with Crippen LogP contribution < -0.4 is 15.6 Å². The Hall–Kier alpha value is -2.06. The predicted molar refractivity (Wildman–Crippen MR) is 98.7 cm³/mol. The molecule has 0 spiro atoms. The molecule has 2 N–H and O–H groups in total. The highest BCUT2D eigenvalue weighted by atomic mass is 32.1. The van der Waals surface area contributed by atoms with Crippen molar-refractivity contribution in [3.63, 3.8) is 0 Å². The van der Waals surface area contributed by atoms with Crippen LogP contribution >= 0.6 is 12.6 Å². The molecule has 2 aromatic rings. The van der Waals surface area contributed by atoms with Crippen molar-refractivity contribution >= 4 is 35.2 Å². The smallest absolute Gasteiger partial charge is 0.341 e. The van der Waals surface area contributed by atoms with Crippen molar-refractivity contribution in [1.29, 1.82) is 0 Å². The zero-order valence-corrected chi connectivity index (χ0v) is 14.6. The van der Waals surface area contributed by atoms with Gasteiger partial charge in [0, 0.05) is 44.3 Å². The molecule has 0 amide bonds. The average molecular weight is 365 g/mol. The first-order chi connectivity index (χ1) is 12.0. The van der Waals surface area contributed by atoms with Gasteiger partial charge in [0.05, 0.1) is 11.2 Å². The number of carbonyl (C=O) groups is 1. The van der Waals surface area contributed by atoms with Crippen molar-refractivity contribution in [2.24, 2.45) is 0 Å². The minimum Gasteiger partial charge on any atom is -0.477 e. The number of halogens is 1. The molecule has 0 radical (unpaired) electrons. The number of nitrogens with zero attached hydrogens (tertiary/aromatic N) is 2. The molecule has 0 aliphatic carbocycles. The molecule has 1 aliphatic rings. The highest BCUT2D eigenvalue weighted by molar-refractivity contribution is 7.80. The summed E-state index contributed by atoms with van der Waals surface area (Å²) in [6.45, 7) is 3.39. The Morgan fingerprint density at radius 3 is 2.68 bits per heavy atom. The summed E-state index contributed by atoms with van der Waals surface area (Å²) in [5, 5.41) is 12.6. The second-order valence-corrected chi connectivity index (χ2v) is 6.45. The lowest BCUT2D eigenvalue weighted by Gasteiger charge is -2.30. The molecule has 1 aliphatic heterocycles. The third-order valence-corrected chi connectivity index (χ3v) is 4.71. The number of aromatic nitrogens is 1. The van der Waals surface area contributed by atoms with Crippen molar-refractivity contribution in [2.45, 2.75) is 13.0 Å². The molecule has 8 heteroatoms. The fourth-order valence-electron chi connectivity index (χ4n) is 3.13. The number of nitrogens with one attached hydrogen (secondary N) is 1. The van der Waals surface area contributed by atoms with Gasteiger partial charge in [-0.15, -0.1) is 0 Å². The molecule has 0 bridgehead atoms. The Morgan fingerprint density at radius 2 is 2.04 bits per heavy atom. The lowest BCUT2D eigenvalue weighted by molar-refractivity contribution is 0.0695. The van der Waals surface area contributed by atoms with Crippen molar-refractivity contribution in [3.05, 3.63) is 39.9 Å². The van der Waals surface area contributed by atoms with Crippen LogP contribution in [0.15, 0.2) is 23.1 Å². The van der Waals surface area contributed by atoms with Gasteiger partial charge < -0.3 is 19.9 Å². The number of carboxylic acids is 1. The Balaban J connectivity index is 2.20. The molecule has 0 saturated carbocycles. The molecular weight excluding hydrogens is 345 g/mol. The van der Waals surface area contributed by atoms with E-state index in [1.54, 1.807) is 10.6 Å². The molecule has 0 unspecified atom stereocenters. The Morgan fingerprint density at radius 1 is 1.32 bits per heavy atom. The molecule has 1 saturated heterocycles. The zero-order chi connectivity index (χ0) is 18.0. The Kier molecular flexibility index (Phi) is 5.29. The normalized spacial score (nSPS) is 14.9. The van der Waals surface area contributed by atoms with Gasteiger partial charge in [0.2, 0.25) is 5.43 Å². The fourth-order valence-corrected chi connectivity index (χ4v) is 3.27. The molecule has 134 valence electrons. The fraction of sp³-hybridized carbons (Fsp3) is 0.412. The highest BCUT2D eigenvalue weighted by Gasteiger charge is 2.20. The van der Waals surface area contributed by atoms with Crippen molar-refractivity contribution < 1.29 is 14.3 Å². The topological polar surface area (TPSA) is 74.6 Å². The minimum absolute atomic E-state index is 0.0930. The third kappa shape index (κ3) is 3.50. The van der Waals surface area contributed by atoms with Gasteiger partial charge in [0.15, 0.2) is 0 Å². The number of thiol groups is 1. The van der Waals surface area contributed by atoms with Crippen LogP contribution in [0.2, 0.25) is 0 Å². The summed E-state index contributed by atoms with van der Waals surface area (Å²) in [5.74, 6) is -1.19. The predicted octanol–water partition coefficient (Wildman–Crippen LogP) is 1.57. The van der Waals surface area contributed by atoms with Crippen LogP contribution in [-0.4, -0.2) is 47.6 Å². The van der Waals surface area contributed by atoms with Crippen LogP contribution in [0.1, 0.15) is 16.8 Å². The molecular formula is C17H20FN3O3S. The SMILES string of the molecule is O=C(O)c1cn(CCCS)c2cc(N3CCNCC3)c(F)cc2c1=O. The molecule has 6 nitrogen and oxygen atoms in total. The van der Waals surface area contributed by atoms with Gasteiger partial charge in [-0.05, 0) is 24.3 Å². The lowest BCUT2D eigenvalue weighted by atomic mass is 10.1. The van der Waals surface area contributed by atoms with Crippen molar-refractivity contribution in [3.8, 4) is 0 Å². The van der Waals surface area contributed by atoms with E-state index in [9.17, 15) is 19.1 Å². The van der Waals surface area contributed by atoms with E-state index in [-0.39, 0.29) is 10.9 Å². The number of anilines is 1. The van der Waals surface area contributed by atoms with E-state index in [0.717, 1.165) is 13.1 Å². The van der Waals surface area contributed by atoms with E-state index in [4.69, 9.17) is 0 Å². The monoisotopic (exact) mass is 365 g/mol. The van der Waals surface area contributed by atoms with Gasteiger partial charge in [-0.25, -0.2) is 9.18 Å². The summed E-state index contributed by atoms with van der Waals surface area (Å²) in [6.07, 6.45) is 2.05. The van der Waals surface area contributed by atoms with E-state index in [1.807, 2.05) is 4.90 Å². The summed E-state index contributed by atoms with van der Waals surface area (Å²) in [4.78, 5) is 25.7. The summed E-state index contributed by atoms with van der Waals surface area (Å²) >= 11 is 4.19. The number of hydrogen-bond acceptors (Lipinski definition) is 5. The number of hydrogen-bond donors (Lipinski definition) is 3. The zero-order valence-electron chi connectivity index (χ0n) is 13.7. The third-order valence-electron chi connectivity index (χ3n) is 4.39. The number of pyridine rings is 1. The number of aryl methyl sites for hydroxylation is 1. The van der Waals surface area contributed by atoms with Gasteiger partial charge in [0.1, 0.15) is 11.4 Å². The van der Waals surface area contributed by atoms with Crippen molar-refractivity contribution in [1.82, 2.24) is 9.88 Å². The number of carboxylic acid groups (broad SMARTS) is 1. The van der Waals surface area contributed by atoms with Gasteiger partial charge >= 0.3 is 5.97 Å². The van der Waals surface area contributed by atoms with Crippen LogP contribution in [0, 0.1) is 5.82 Å². The number of rotatable bonds is 5.